The van der Waals surface area contributed by atoms with Gasteiger partial charge in [-0.3, -0.25) is 14.5 Å². The third-order valence-corrected chi connectivity index (χ3v) is 6.04. The van der Waals surface area contributed by atoms with Crippen LogP contribution in [0.5, 0.6) is 0 Å². The van der Waals surface area contributed by atoms with Gasteiger partial charge in [0.05, 0.1) is 6.54 Å². The van der Waals surface area contributed by atoms with Crippen molar-refractivity contribution in [3.63, 3.8) is 0 Å². The molecule has 6 heteroatoms. The maximum atomic E-state index is 13.0. The van der Waals surface area contributed by atoms with Crippen molar-refractivity contribution in [1.29, 1.82) is 0 Å². The number of carbonyl (C=O) groups excluding carboxylic acids is 2. The molecular formula is C21H29N3O3. The van der Waals surface area contributed by atoms with Gasteiger partial charge in [0.25, 0.3) is 5.91 Å². The third kappa shape index (κ3) is 3.87. The van der Waals surface area contributed by atoms with E-state index in [1.54, 1.807) is 0 Å². The number of aryl methyl sites for hydroxylation is 1. The number of hydrogen-bond acceptors (Lipinski definition) is 4. The topological polar surface area (TPSA) is 53.1 Å². The molecule has 146 valence electrons. The van der Waals surface area contributed by atoms with Gasteiger partial charge in [0.1, 0.15) is 6.10 Å². The first-order valence-electron chi connectivity index (χ1n) is 10.2. The fourth-order valence-corrected chi connectivity index (χ4v) is 4.44. The molecule has 2 saturated heterocycles. The summed E-state index contributed by atoms with van der Waals surface area (Å²) in [5, 5.41) is 0. The van der Waals surface area contributed by atoms with Gasteiger partial charge in [-0.15, -0.1) is 0 Å². The van der Waals surface area contributed by atoms with Crippen molar-refractivity contribution in [3.05, 3.63) is 29.8 Å². The number of rotatable bonds is 3. The Labute approximate surface area is 161 Å². The molecule has 4 rings (SSSR count). The Balaban J connectivity index is 1.34. The second-order valence-corrected chi connectivity index (χ2v) is 7.88. The number of ether oxygens (including phenoxy) is 1. The Morgan fingerprint density at radius 1 is 1.11 bits per heavy atom. The molecule has 2 atom stereocenters. The van der Waals surface area contributed by atoms with Crippen molar-refractivity contribution in [2.75, 3.05) is 44.2 Å². The molecule has 0 N–H and O–H groups in total. The number of carbonyl (C=O) groups is 2. The van der Waals surface area contributed by atoms with Gasteiger partial charge in [0, 0.05) is 44.5 Å². The van der Waals surface area contributed by atoms with E-state index >= 15 is 0 Å². The normalized spacial score (nSPS) is 26.1. The quantitative estimate of drug-likeness (QED) is 0.811. The van der Waals surface area contributed by atoms with Gasteiger partial charge < -0.3 is 14.5 Å². The van der Waals surface area contributed by atoms with E-state index in [1.807, 2.05) is 21.9 Å². The van der Waals surface area contributed by atoms with E-state index in [4.69, 9.17) is 4.74 Å². The van der Waals surface area contributed by atoms with Gasteiger partial charge in [-0.2, -0.15) is 0 Å². The van der Waals surface area contributed by atoms with E-state index in [0.717, 1.165) is 44.5 Å². The highest BCUT2D eigenvalue weighted by Crippen LogP contribution is 2.30. The SMILES string of the molecule is CC1CCc2ccccc2N1C(=O)CN1CCN(C(=O)C2CCCO2)CC1. The first kappa shape index (κ1) is 18.4. The smallest absolute Gasteiger partial charge is 0.251 e. The summed E-state index contributed by atoms with van der Waals surface area (Å²) in [6.07, 6.45) is 3.60. The lowest BCUT2D eigenvalue weighted by atomic mass is 9.96. The van der Waals surface area contributed by atoms with Crippen LogP contribution in [0.4, 0.5) is 5.69 Å². The molecule has 6 nitrogen and oxygen atoms in total. The van der Waals surface area contributed by atoms with E-state index < -0.39 is 0 Å². The van der Waals surface area contributed by atoms with Crippen molar-refractivity contribution in [2.45, 2.75) is 44.8 Å². The van der Waals surface area contributed by atoms with Gasteiger partial charge in [-0.05, 0) is 44.2 Å². The summed E-state index contributed by atoms with van der Waals surface area (Å²) in [4.78, 5) is 31.6. The summed E-state index contributed by atoms with van der Waals surface area (Å²) in [5.41, 5.74) is 2.32. The van der Waals surface area contributed by atoms with Gasteiger partial charge in [-0.25, -0.2) is 0 Å². The molecule has 2 amide bonds. The Morgan fingerprint density at radius 3 is 2.63 bits per heavy atom. The predicted molar refractivity (Wildman–Crippen MR) is 104 cm³/mol. The molecule has 1 aromatic rings. The van der Waals surface area contributed by atoms with Crippen LogP contribution in [0, 0.1) is 0 Å². The van der Waals surface area contributed by atoms with Crippen molar-refractivity contribution < 1.29 is 14.3 Å². The van der Waals surface area contributed by atoms with Crippen molar-refractivity contribution in [3.8, 4) is 0 Å². The van der Waals surface area contributed by atoms with Crippen LogP contribution in [-0.2, 0) is 20.7 Å². The Hall–Kier alpha value is -1.92. The second-order valence-electron chi connectivity index (χ2n) is 7.88. The van der Waals surface area contributed by atoms with Gasteiger partial charge >= 0.3 is 0 Å². The molecule has 3 aliphatic heterocycles. The Kier molecular flexibility index (Phi) is 5.45. The maximum absolute atomic E-state index is 13.0. The zero-order valence-electron chi connectivity index (χ0n) is 16.1. The summed E-state index contributed by atoms with van der Waals surface area (Å²) in [5.74, 6) is 0.283. The van der Waals surface area contributed by atoms with Crippen LogP contribution in [0.3, 0.4) is 0 Å². The molecule has 27 heavy (non-hydrogen) atoms. The lowest BCUT2D eigenvalue weighted by molar-refractivity contribution is -0.142. The number of hydrogen-bond donors (Lipinski definition) is 0. The molecule has 3 heterocycles. The van der Waals surface area contributed by atoms with E-state index in [1.165, 1.54) is 5.56 Å². The lowest BCUT2D eigenvalue weighted by Crippen LogP contribution is -2.54. The Bertz CT molecular complexity index is 694. The van der Waals surface area contributed by atoms with Crippen LogP contribution in [0.25, 0.3) is 0 Å². The van der Waals surface area contributed by atoms with Crippen LogP contribution in [0.15, 0.2) is 24.3 Å². The average molecular weight is 371 g/mol. The van der Waals surface area contributed by atoms with Crippen LogP contribution in [0.1, 0.15) is 31.7 Å². The molecule has 0 bridgehead atoms. The number of fused-ring (bicyclic) bond motifs is 1. The van der Waals surface area contributed by atoms with E-state index in [0.29, 0.717) is 26.2 Å². The lowest BCUT2D eigenvalue weighted by Gasteiger charge is -2.39. The highest BCUT2D eigenvalue weighted by atomic mass is 16.5. The predicted octanol–water partition coefficient (Wildman–Crippen LogP) is 1.68. The molecule has 0 saturated carbocycles. The van der Waals surface area contributed by atoms with E-state index in [2.05, 4.69) is 24.0 Å². The summed E-state index contributed by atoms with van der Waals surface area (Å²) < 4.78 is 5.52. The highest BCUT2D eigenvalue weighted by Gasteiger charge is 2.32. The van der Waals surface area contributed by atoms with Gasteiger partial charge in [0.2, 0.25) is 5.91 Å². The van der Waals surface area contributed by atoms with Crippen molar-refractivity contribution in [1.82, 2.24) is 9.80 Å². The van der Waals surface area contributed by atoms with Gasteiger partial charge in [-0.1, -0.05) is 18.2 Å². The summed E-state index contributed by atoms with van der Waals surface area (Å²) >= 11 is 0. The maximum Gasteiger partial charge on any atom is 0.251 e. The van der Waals surface area contributed by atoms with Crippen molar-refractivity contribution >= 4 is 17.5 Å². The molecule has 0 spiro atoms. The number of nitrogens with zero attached hydrogens (tertiary/aromatic N) is 3. The fraction of sp³-hybridized carbons (Fsp3) is 0.619. The van der Waals surface area contributed by atoms with Crippen LogP contribution >= 0.6 is 0 Å². The standard InChI is InChI=1S/C21H29N3O3/c1-16-8-9-17-5-2-3-6-18(17)24(16)20(25)15-22-10-12-23(13-11-22)21(26)19-7-4-14-27-19/h2-3,5-6,16,19H,4,7-15H2,1H3. The zero-order chi connectivity index (χ0) is 18.8. The summed E-state index contributed by atoms with van der Waals surface area (Å²) in [6, 6.07) is 8.46. The molecule has 0 aromatic heterocycles. The van der Waals surface area contributed by atoms with Crippen LogP contribution in [0.2, 0.25) is 0 Å². The number of amides is 2. The number of benzene rings is 1. The summed E-state index contributed by atoms with van der Waals surface area (Å²) in [6.45, 7) is 6.09. The summed E-state index contributed by atoms with van der Waals surface area (Å²) in [7, 11) is 0. The minimum atomic E-state index is -0.246. The molecule has 2 fully saturated rings. The molecule has 3 aliphatic rings. The zero-order valence-corrected chi connectivity index (χ0v) is 16.1. The van der Waals surface area contributed by atoms with Crippen LogP contribution < -0.4 is 4.90 Å². The van der Waals surface area contributed by atoms with Gasteiger partial charge in [0.15, 0.2) is 0 Å². The van der Waals surface area contributed by atoms with Crippen molar-refractivity contribution in [2.24, 2.45) is 0 Å². The second kappa shape index (κ2) is 7.98. The third-order valence-electron chi connectivity index (χ3n) is 6.04. The number of para-hydroxylation sites is 1. The average Bonchev–Trinajstić information content (AvgIpc) is 3.22. The Morgan fingerprint density at radius 2 is 1.89 bits per heavy atom. The first-order valence-corrected chi connectivity index (χ1v) is 10.2. The van der Waals surface area contributed by atoms with Crippen LogP contribution in [-0.4, -0.2) is 73.1 Å². The monoisotopic (exact) mass is 371 g/mol. The largest absolute Gasteiger partial charge is 0.368 e. The molecule has 0 aliphatic carbocycles. The highest BCUT2D eigenvalue weighted by molar-refractivity contribution is 5.96. The molecule has 2 unspecified atom stereocenters. The fourth-order valence-electron chi connectivity index (χ4n) is 4.44. The molecule has 1 aromatic carbocycles. The number of anilines is 1. The van der Waals surface area contributed by atoms with E-state index in [-0.39, 0.29) is 24.0 Å². The first-order chi connectivity index (χ1) is 13.1. The number of piperazine rings is 1. The molecular weight excluding hydrogens is 342 g/mol. The molecule has 0 radical (unpaired) electrons. The minimum absolute atomic E-state index is 0.122. The van der Waals surface area contributed by atoms with E-state index in [9.17, 15) is 9.59 Å². The minimum Gasteiger partial charge on any atom is -0.368 e.